The van der Waals surface area contributed by atoms with E-state index in [1.807, 2.05) is 0 Å². The molecule has 1 saturated carbocycles. The fourth-order valence-corrected chi connectivity index (χ4v) is 5.37. The van der Waals surface area contributed by atoms with Crippen LogP contribution in [0.3, 0.4) is 0 Å². The van der Waals surface area contributed by atoms with Crippen molar-refractivity contribution >= 4 is 23.5 Å². The molecule has 1 aliphatic rings. The molecule has 0 heterocycles. The molecule has 0 spiro atoms. The van der Waals surface area contributed by atoms with Crippen LogP contribution in [-0.2, 0) is 0 Å². The van der Waals surface area contributed by atoms with Gasteiger partial charge < -0.3 is 0 Å². The van der Waals surface area contributed by atoms with Gasteiger partial charge in [-0.05, 0) is 24.3 Å². The molecule has 13 heavy (non-hydrogen) atoms. The normalized spacial score (nSPS) is 22.6. The molecule has 1 aliphatic carbocycles. The summed E-state index contributed by atoms with van der Waals surface area (Å²) in [6, 6.07) is 0. The summed E-state index contributed by atoms with van der Waals surface area (Å²) in [5.74, 6) is 2.57. The topological polar surface area (TPSA) is 0 Å². The molecule has 0 N–H and O–H groups in total. The molecule has 0 atom stereocenters. The van der Waals surface area contributed by atoms with Gasteiger partial charge in [0, 0.05) is 0 Å². The summed E-state index contributed by atoms with van der Waals surface area (Å²) >= 11 is 4.40. The third kappa shape index (κ3) is 3.75. The average Bonchev–Trinajstić information content (AvgIpc) is 2.32. The molecular formula is C11H22S2. The number of thioether (sulfide) groups is 2. The zero-order valence-electron chi connectivity index (χ0n) is 8.97. The molecule has 0 aliphatic heterocycles. The van der Waals surface area contributed by atoms with Crippen LogP contribution in [0.4, 0.5) is 0 Å². The Kier molecular flexibility index (Phi) is 5.65. The van der Waals surface area contributed by atoms with Crippen LogP contribution >= 0.6 is 23.5 Å². The second-order valence-electron chi connectivity index (χ2n) is 3.69. The van der Waals surface area contributed by atoms with Crippen molar-refractivity contribution in [3.8, 4) is 0 Å². The standard InChI is InChI=1S/C11H22S2/c1-3-12-11(13-4-2)9-7-5-6-8-10-11/h3-10H2,1-2H3. The molecule has 0 aromatic carbocycles. The van der Waals surface area contributed by atoms with Gasteiger partial charge in [-0.2, -0.15) is 0 Å². The van der Waals surface area contributed by atoms with Gasteiger partial charge in [0.25, 0.3) is 0 Å². The third-order valence-corrected chi connectivity index (χ3v) is 5.83. The van der Waals surface area contributed by atoms with Crippen molar-refractivity contribution in [1.82, 2.24) is 0 Å². The Hall–Kier alpha value is 0.700. The van der Waals surface area contributed by atoms with Gasteiger partial charge in [-0.1, -0.05) is 39.5 Å². The molecule has 0 bridgehead atoms. The molecule has 0 amide bonds. The SMILES string of the molecule is CCSC1(SCC)CCCCCC1. The van der Waals surface area contributed by atoms with Crippen LogP contribution in [0.1, 0.15) is 52.4 Å². The molecule has 1 rings (SSSR count). The van der Waals surface area contributed by atoms with Crippen LogP contribution in [-0.4, -0.2) is 15.6 Å². The molecular weight excluding hydrogens is 196 g/mol. The minimum Gasteiger partial charge on any atom is -0.145 e. The van der Waals surface area contributed by atoms with Crippen LogP contribution in [0.15, 0.2) is 0 Å². The van der Waals surface area contributed by atoms with Gasteiger partial charge in [-0.3, -0.25) is 0 Å². The fourth-order valence-electron chi connectivity index (χ4n) is 2.12. The average molecular weight is 218 g/mol. The zero-order chi connectivity index (χ0) is 9.57. The quantitative estimate of drug-likeness (QED) is 0.502. The van der Waals surface area contributed by atoms with E-state index in [4.69, 9.17) is 0 Å². The van der Waals surface area contributed by atoms with Gasteiger partial charge in [0.15, 0.2) is 0 Å². The van der Waals surface area contributed by atoms with Crippen LogP contribution in [0.2, 0.25) is 0 Å². The lowest BCUT2D eigenvalue weighted by atomic mass is 10.2. The van der Waals surface area contributed by atoms with E-state index in [0.29, 0.717) is 4.08 Å². The highest BCUT2D eigenvalue weighted by Crippen LogP contribution is 2.47. The predicted octanol–water partition coefficient (Wildman–Crippen LogP) is 4.54. The van der Waals surface area contributed by atoms with Crippen molar-refractivity contribution in [3.05, 3.63) is 0 Å². The molecule has 0 nitrogen and oxygen atoms in total. The van der Waals surface area contributed by atoms with Crippen LogP contribution < -0.4 is 0 Å². The number of rotatable bonds is 4. The Balaban J connectivity index is 2.50. The lowest BCUT2D eigenvalue weighted by molar-refractivity contribution is 0.675. The summed E-state index contributed by atoms with van der Waals surface area (Å²) in [5, 5.41) is 0. The Bertz CT molecular complexity index is 118. The second-order valence-corrected chi connectivity index (χ2v) is 7.24. The Morgan fingerprint density at radius 1 is 0.846 bits per heavy atom. The van der Waals surface area contributed by atoms with Gasteiger partial charge in [0.2, 0.25) is 0 Å². The van der Waals surface area contributed by atoms with E-state index in [2.05, 4.69) is 37.4 Å². The summed E-state index contributed by atoms with van der Waals surface area (Å²) in [7, 11) is 0. The van der Waals surface area contributed by atoms with Gasteiger partial charge in [0.05, 0.1) is 4.08 Å². The molecule has 0 radical (unpaired) electrons. The van der Waals surface area contributed by atoms with E-state index in [-0.39, 0.29) is 0 Å². The summed E-state index contributed by atoms with van der Waals surface area (Å²) in [6.45, 7) is 4.60. The first-order chi connectivity index (χ1) is 6.33. The van der Waals surface area contributed by atoms with Crippen molar-refractivity contribution < 1.29 is 0 Å². The first-order valence-corrected chi connectivity index (χ1v) is 7.58. The maximum atomic E-state index is 2.30. The summed E-state index contributed by atoms with van der Waals surface area (Å²) in [5.41, 5.74) is 0. The maximum absolute atomic E-state index is 2.30. The summed E-state index contributed by atoms with van der Waals surface area (Å²) < 4.78 is 0.597. The monoisotopic (exact) mass is 218 g/mol. The number of hydrogen-bond acceptors (Lipinski definition) is 2. The van der Waals surface area contributed by atoms with E-state index in [1.54, 1.807) is 0 Å². The lowest BCUT2D eigenvalue weighted by Gasteiger charge is -2.30. The highest BCUT2D eigenvalue weighted by Gasteiger charge is 2.30. The minimum absolute atomic E-state index is 0.597. The maximum Gasteiger partial charge on any atom is 0.0610 e. The fraction of sp³-hybridized carbons (Fsp3) is 1.00. The smallest absolute Gasteiger partial charge is 0.0610 e. The molecule has 0 saturated heterocycles. The summed E-state index contributed by atoms with van der Waals surface area (Å²) in [4.78, 5) is 0. The van der Waals surface area contributed by atoms with E-state index in [9.17, 15) is 0 Å². The van der Waals surface area contributed by atoms with E-state index in [1.165, 1.54) is 50.0 Å². The van der Waals surface area contributed by atoms with Crippen molar-refractivity contribution in [3.63, 3.8) is 0 Å². The van der Waals surface area contributed by atoms with Crippen LogP contribution in [0, 0.1) is 0 Å². The highest BCUT2D eigenvalue weighted by atomic mass is 32.2. The zero-order valence-corrected chi connectivity index (χ0v) is 10.6. The van der Waals surface area contributed by atoms with Crippen LogP contribution in [0.25, 0.3) is 0 Å². The van der Waals surface area contributed by atoms with Crippen molar-refractivity contribution in [1.29, 1.82) is 0 Å². The lowest BCUT2D eigenvalue weighted by Crippen LogP contribution is -2.19. The van der Waals surface area contributed by atoms with Crippen molar-refractivity contribution in [2.75, 3.05) is 11.5 Å². The Morgan fingerprint density at radius 3 is 1.69 bits per heavy atom. The summed E-state index contributed by atoms with van der Waals surface area (Å²) in [6.07, 6.45) is 8.75. The molecule has 78 valence electrons. The molecule has 0 aromatic rings. The predicted molar refractivity (Wildman–Crippen MR) is 66.7 cm³/mol. The van der Waals surface area contributed by atoms with Gasteiger partial charge in [-0.25, -0.2) is 0 Å². The van der Waals surface area contributed by atoms with Crippen molar-refractivity contribution in [2.24, 2.45) is 0 Å². The second kappa shape index (κ2) is 6.23. The van der Waals surface area contributed by atoms with Crippen molar-refractivity contribution in [2.45, 2.75) is 56.5 Å². The minimum atomic E-state index is 0.597. The first-order valence-electron chi connectivity index (χ1n) is 5.61. The highest BCUT2D eigenvalue weighted by molar-refractivity contribution is 8.18. The van der Waals surface area contributed by atoms with Gasteiger partial charge in [-0.15, -0.1) is 23.5 Å². The largest absolute Gasteiger partial charge is 0.145 e. The Labute approximate surface area is 91.6 Å². The van der Waals surface area contributed by atoms with Crippen LogP contribution in [0.5, 0.6) is 0 Å². The van der Waals surface area contributed by atoms with E-state index < -0.39 is 0 Å². The molecule has 1 fully saturated rings. The van der Waals surface area contributed by atoms with Gasteiger partial charge in [0.1, 0.15) is 0 Å². The first kappa shape index (κ1) is 11.8. The van der Waals surface area contributed by atoms with E-state index in [0.717, 1.165) is 0 Å². The molecule has 0 unspecified atom stereocenters. The van der Waals surface area contributed by atoms with Gasteiger partial charge >= 0.3 is 0 Å². The number of hydrogen-bond donors (Lipinski definition) is 0. The Morgan fingerprint density at radius 2 is 1.31 bits per heavy atom. The molecule has 2 heteroatoms. The molecule has 0 aromatic heterocycles. The van der Waals surface area contributed by atoms with E-state index >= 15 is 0 Å². The third-order valence-electron chi connectivity index (χ3n) is 2.68.